The molecule has 6 heteroatoms. The standard InChI is InChI=1S/C13H12Cl2N2O2/c1-2-9-7-17(13(19)16-12(9)18)6-8-3-4-10(14)11(15)5-8/h3-5,7H,2,6H2,1H3,(H,16,18,19). The molecule has 1 aromatic heterocycles. The molecule has 1 N–H and O–H groups in total. The number of hydrogen-bond donors (Lipinski definition) is 1. The van der Waals surface area contributed by atoms with Crippen LogP contribution in [0.5, 0.6) is 0 Å². The molecule has 0 bridgehead atoms. The molecule has 19 heavy (non-hydrogen) atoms. The Kier molecular flexibility index (Phi) is 4.12. The minimum absolute atomic E-state index is 0.333. The highest BCUT2D eigenvalue weighted by molar-refractivity contribution is 6.42. The van der Waals surface area contributed by atoms with E-state index in [4.69, 9.17) is 23.2 Å². The Labute approximate surface area is 119 Å². The van der Waals surface area contributed by atoms with E-state index in [1.165, 1.54) is 4.57 Å². The normalized spacial score (nSPS) is 10.7. The Morgan fingerprint density at radius 1 is 1.21 bits per heavy atom. The molecule has 0 amide bonds. The number of H-pyrrole nitrogens is 1. The fourth-order valence-corrected chi connectivity index (χ4v) is 2.08. The molecule has 0 saturated heterocycles. The summed E-state index contributed by atoms with van der Waals surface area (Å²) in [4.78, 5) is 25.5. The minimum atomic E-state index is -0.437. The summed E-state index contributed by atoms with van der Waals surface area (Å²) >= 11 is 11.8. The molecule has 0 aliphatic heterocycles. The third-order valence-corrected chi connectivity index (χ3v) is 3.54. The molecular weight excluding hydrogens is 287 g/mol. The van der Waals surface area contributed by atoms with Crippen LogP contribution in [0.2, 0.25) is 10.0 Å². The summed E-state index contributed by atoms with van der Waals surface area (Å²) in [5, 5.41) is 0.904. The van der Waals surface area contributed by atoms with Gasteiger partial charge in [0.05, 0.1) is 16.6 Å². The van der Waals surface area contributed by atoms with E-state index in [0.29, 0.717) is 28.6 Å². The monoisotopic (exact) mass is 298 g/mol. The predicted octanol–water partition coefficient (Wildman–Crippen LogP) is 2.45. The fourth-order valence-electron chi connectivity index (χ4n) is 1.76. The molecular formula is C13H12Cl2N2O2. The van der Waals surface area contributed by atoms with Gasteiger partial charge in [0.2, 0.25) is 0 Å². The van der Waals surface area contributed by atoms with E-state index in [1.807, 2.05) is 6.92 Å². The van der Waals surface area contributed by atoms with Crippen molar-refractivity contribution in [2.45, 2.75) is 19.9 Å². The molecule has 0 fully saturated rings. The van der Waals surface area contributed by atoms with Gasteiger partial charge in [0.15, 0.2) is 0 Å². The molecule has 0 aliphatic rings. The molecule has 2 rings (SSSR count). The maximum Gasteiger partial charge on any atom is 0.328 e. The number of nitrogens with one attached hydrogen (secondary N) is 1. The van der Waals surface area contributed by atoms with Gasteiger partial charge in [-0.3, -0.25) is 14.3 Å². The quantitative estimate of drug-likeness (QED) is 0.946. The van der Waals surface area contributed by atoms with Gasteiger partial charge >= 0.3 is 5.69 Å². The van der Waals surface area contributed by atoms with Gasteiger partial charge in [-0.1, -0.05) is 36.2 Å². The Hall–Kier alpha value is -1.52. The lowest BCUT2D eigenvalue weighted by atomic mass is 10.2. The highest BCUT2D eigenvalue weighted by Gasteiger charge is 2.05. The predicted molar refractivity (Wildman–Crippen MR) is 76.3 cm³/mol. The second-order valence-corrected chi connectivity index (χ2v) is 4.96. The van der Waals surface area contributed by atoms with Crippen molar-refractivity contribution >= 4 is 23.2 Å². The van der Waals surface area contributed by atoms with E-state index >= 15 is 0 Å². The number of halogens is 2. The van der Waals surface area contributed by atoms with E-state index in [9.17, 15) is 9.59 Å². The molecule has 0 spiro atoms. The number of aryl methyl sites for hydroxylation is 1. The van der Waals surface area contributed by atoms with Gasteiger partial charge in [0.25, 0.3) is 5.56 Å². The molecule has 0 unspecified atom stereocenters. The zero-order valence-corrected chi connectivity index (χ0v) is 11.8. The first-order valence-corrected chi connectivity index (χ1v) is 6.53. The van der Waals surface area contributed by atoms with Crippen LogP contribution in [0.1, 0.15) is 18.1 Å². The molecule has 4 nitrogen and oxygen atoms in total. The van der Waals surface area contributed by atoms with Crippen LogP contribution in [0.15, 0.2) is 34.0 Å². The summed E-state index contributed by atoms with van der Waals surface area (Å²) in [6, 6.07) is 5.17. The average molecular weight is 299 g/mol. The second kappa shape index (κ2) is 5.63. The first-order chi connectivity index (χ1) is 9.01. The summed E-state index contributed by atoms with van der Waals surface area (Å²) in [6.45, 7) is 2.19. The highest BCUT2D eigenvalue weighted by atomic mass is 35.5. The van der Waals surface area contributed by atoms with Gasteiger partial charge < -0.3 is 0 Å². The van der Waals surface area contributed by atoms with Crippen molar-refractivity contribution in [1.29, 1.82) is 0 Å². The number of rotatable bonds is 3. The van der Waals surface area contributed by atoms with Gasteiger partial charge in [0.1, 0.15) is 0 Å². The molecule has 0 atom stereocenters. The molecule has 1 heterocycles. The SMILES string of the molecule is CCc1cn(Cc2ccc(Cl)c(Cl)c2)c(=O)[nH]c1=O. The van der Waals surface area contributed by atoms with E-state index in [1.54, 1.807) is 24.4 Å². The van der Waals surface area contributed by atoms with E-state index in [2.05, 4.69) is 4.98 Å². The summed E-state index contributed by atoms with van der Waals surface area (Å²) in [7, 11) is 0. The van der Waals surface area contributed by atoms with Crippen molar-refractivity contribution in [2.24, 2.45) is 0 Å². The Morgan fingerprint density at radius 2 is 1.95 bits per heavy atom. The van der Waals surface area contributed by atoms with Crippen molar-refractivity contribution in [1.82, 2.24) is 9.55 Å². The molecule has 0 radical (unpaired) electrons. The Bertz CT molecular complexity index is 719. The lowest BCUT2D eigenvalue weighted by Gasteiger charge is -2.07. The molecule has 0 aliphatic carbocycles. The van der Waals surface area contributed by atoms with Gasteiger partial charge in [-0.15, -0.1) is 0 Å². The van der Waals surface area contributed by atoms with Crippen LogP contribution in [-0.2, 0) is 13.0 Å². The number of hydrogen-bond acceptors (Lipinski definition) is 2. The molecule has 100 valence electrons. The average Bonchev–Trinajstić information content (AvgIpc) is 2.37. The van der Waals surface area contributed by atoms with Gasteiger partial charge in [-0.05, 0) is 24.1 Å². The lowest BCUT2D eigenvalue weighted by molar-refractivity contribution is 0.707. The van der Waals surface area contributed by atoms with Crippen LogP contribution in [0.25, 0.3) is 0 Å². The fraction of sp³-hybridized carbons (Fsp3) is 0.231. The van der Waals surface area contributed by atoms with Crippen molar-refractivity contribution in [3.05, 3.63) is 66.4 Å². The van der Waals surface area contributed by atoms with Crippen LogP contribution >= 0.6 is 23.2 Å². The molecule has 0 saturated carbocycles. The van der Waals surface area contributed by atoms with Crippen LogP contribution in [0.4, 0.5) is 0 Å². The van der Waals surface area contributed by atoms with Crippen molar-refractivity contribution in [2.75, 3.05) is 0 Å². The van der Waals surface area contributed by atoms with E-state index < -0.39 is 5.69 Å². The van der Waals surface area contributed by atoms with Gasteiger partial charge in [-0.2, -0.15) is 0 Å². The Balaban J connectivity index is 2.40. The smallest absolute Gasteiger partial charge is 0.296 e. The topological polar surface area (TPSA) is 54.9 Å². The van der Waals surface area contributed by atoms with Crippen LogP contribution < -0.4 is 11.2 Å². The summed E-state index contributed by atoms with van der Waals surface area (Å²) in [6.07, 6.45) is 2.14. The maximum absolute atomic E-state index is 11.7. The molecule has 2 aromatic rings. The number of aromatic amines is 1. The van der Waals surface area contributed by atoms with Gasteiger partial charge in [-0.25, -0.2) is 4.79 Å². The van der Waals surface area contributed by atoms with Crippen molar-refractivity contribution < 1.29 is 0 Å². The summed E-state index contributed by atoms with van der Waals surface area (Å²) < 4.78 is 1.44. The third-order valence-electron chi connectivity index (χ3n) is 2.80. The first kappa shape index (κ1) is 13.9. The van der Waals surface area contributed by atoms with Crippen molar-refractivity contribution in [3.8, 4) is 0 Å². The minimum Gasteiger partial charge on any atom is -0.296 e. The van der Waals surface area contributed by atoms with Crippen LogP contribution in [0, 0.1) is 0 Å². The second-order valence-electron chi connectivity index (χ2n) is 4.14. The van der Waals surface area contributed by atoms with E-state index in [-0.39, 0.29) is 5.56 Å². The molecule has 1 aromatic carbocycles. The summed E-state index contributed by atoms with van der Waals surface area (Å²) in [5.74, 6) is 0. The van der Waals surface area contributed by atoms with Crippen LogP contribution in [0.3, 0.4) is 0 Å². The maximum atomic E-state index is 11.7. The zero-order chi connectivity index (χ0) is 14.0. The van der Waals surface area contributed by atoms with Crippen LogP contribution in [-0.4, -0.2) is 9.55 Å². The lowest BCUT2D eigenvalue weighted by Crippen LogP contribution is -2.31. The van der Waals surface area contributed by atoms with Gasteiger partial charge in [0, 0.05) is 11.8 Å². The number of aromatic nitrogens is 2. The first-order valence-electron chi connectivity index (χ1n) is 5.78. The third kappa shape index (κ3) is 3.08. The van der Waals surface area contributed by atoms with E-state index in [0.717, 1.165) is 5.56 Å². The Morgan fingerprint density at radius 3 is 2.58 bits per heavy atom. The van der Waals surface area contributed by atoms with Crippen molar-refractivity contribution in [3.63, 3.8) is 0 Å². The highest BCUT2D eigenvalue weighted by Crippen LogP contribution is 2.22. The largest absolute Gasteiger partial charge is 0.328 e. The number of nitrogens with zero attached hydrogens (tertiary/aromatic N) is 1. The zero-order valence-electron chi connectivity index (χ0n) is 10.2. The number of benzene rings is 1. The summed E-state index contributed by atoms with van der Waals surface area (Å²) in [5.41, 5.74) is 0.636.